The maximum absolute atomic E-state index is 11.2. The molecule has 0 saturated carbocycles. The molecule has 2 aromatic carbocycles. The first-order valence-electron chi connectivity index (χ1n) is 8.35. The Morgan fingerprint density at radius 2 is 1.52 bits per heavy atom. The lowest BCUT2D eigenvalue weighted by atomic mass is 9.90. The van der Waals surface area contributed by atoms with Crippen molar-refractivity contribution in [1.82, 2.24) is 4.90 Å². The SMILES string of the molecule is CC(O[C@H]1CN(C(c2ccccc2)c2ccccc2)[C@@H]1C)S(=O)(=O)O. The fraction of sp³-hybridized carbons (Fsp3) is 0.368. The zero-order valence-electron chi connectivity index (χ0n) is 14.3. The van der Waals surface area contributed by atoms with Crippen molar-refractivity contribution in [2.75, 3.05) is 6.54 Å². The zero-order valence-corrected chi connectivity index (χ0v) is 15.1. The Balaban J connectivity index is 1.80. The van der Waals surface area contributed by atoms with Gasteiger partial charge in [-0.1, -0.05) is 60.7 Å². The van der Waals surface area contributed by atoms with E-state index in [0.29, 0.717) is 6.54 Å². The summed E-state index contributed by atoms with van der Waals surface area (Å²) in [4.78, 5) is 2.28. The minimum absolute atomic E-state index is 0.0367. The van der Waals surface area contributed by atoms with Crippen molar-refractivity contribution in [1.29, 1.82) is 0 Å². The van der Waals surface area contributed by atoms with E-state index in [1.807, 2.05) is 43.3 Å². The topological polar surface area (TPSA) is 66.8 Å². The van der Waals surface area contributed by atoms with Crippen LogP contribution >= 0.6 is 0 Å². The first-order valence-corrected chi connectivity index (χ1v) is 9.85. The van der Waals surface area contributed by atoms with Crippen LogP contribution in [0.5, 0.6) is 0 Å². The van der Waals surface area contributed by atoms with E-state index in [-0.39, 0.29) is 18.2 Å². The van der Waals surface area contributed by atoms with Crippen LogP contribution in [0.25, 0.3) is 0 Å². The average molecular weight is 361 g/mol. The molecule has 6 heteroatoms. The Morgan fingerprint density at radius 3 is 1.92 bits per heavy atom. The third-order valence-corrected chi connectivity index (χ3v) is 5.75. The number of ether oxygens (including phenoxy) is 1. The van der Waals surface area contributed by atoms with Crippen LogP contribution in [0.15, 0.2) is 60.7 Å². The van der Waals surface area contributed by atoms with Gasteiger partial charge in [0.05, 0.1) is 12.1 Å². The van der Waals surface area contributed by atoms with Crippen molar-refractivity contribution in [2.45, 2.75) is 37.5 Å². The fourth-order valence-corrected chi connectivity index (χ4v) is 3.55. The van der Waals surface area contributed by atoms with E-state index < -0.39 is 15.6 Å². The van der Waals surface area contributed by atoms with E-state index in [4.69, 9.17) is 9.29 Å². The van der Waals surface area contributed by atoms with Gasteiger partial charge in [0.1, 0.15) is 0 Å². The van der Waals surface area contributed by atoms with Crippen LogP contribution in [0, 0.1) is 0 Å². The second kappa shape index (κ2) is 7.25. The highest BCUT2D eigenvalue weighted by Crippen LogP contribution is 2.37. The van der Waals surface area contributed by atoms with Gasteiger partial charge < -0.3 is 4.74 Å². The van der Waals surface area contributed by atoms with Gasteiger partial charge in [-0.25, -0.2) is 0 Å². The van der Waals surface area contributed by atoms with Crippen molar-refractivity contribution in [3.63, 3.8) is 0 Å². The summed E-state index contributed by atoms with van der Waals surface area (Å²) < 4.78 is 37.0. The van der Waals surface area contributed by atoms with Crippen molar-refractivity contribution in [2.24, 2.45) is 0 Å². The summed E-state index contributed by atoms with van der Waals surface area (Å²) in [6.07, 6.45) is -0.230. The number of nitrogens with zero attached hydrogens (tertiary/aromatic N) is 1. The fourth-order valence-electron chi connectivity index (χ4n) is 3.26. The lowest BCUT2D eigenvalue weighted by Gasteiger charge is -2.50. The monoisotopic (exact) mass is 361 g/mol. The van der Waals surface area contributed by atoms with Crippen LogP contribution in [0.4, 0.5) is 0 Å². The molecule has 1 fully saturated rings. The molecule has 3 atom stereocenters. The zero-order chi connectivity index (χ0) is 18.0. The highest BCUT2D eigenvalue weighted by atomic mass is 32.2. The third-order valence-electron chi connectivity index (χ3n) is 4.80. The molecule has 3 rings (SSSR count). The number of hydrogen-bond acceptors (Lipinski definition) is 4. The molecule has 0 bridgehead atoms. The Labute approximate surface area is 149 Å². The van der Waals surface area contributed by atoms with E-state index in [2.05, 4.69) is 29.2 Å². The quantitative estimate of drug-likeness (QED) is 0.801. The molecule has 1 aliphatic heterocycles. The lowest BCUT2D eigenvalue weighted by Crippen LogP contribution is -2.61. The normalized spacial score (nSPS) is 22.6. The van der Waals surface area contributed by atoms with Gasteiger partial charge in [-0.2, -0.15) is 8.42 Å². The highest BCUT2D eigenvalue weighted by molar-refractivity contribution is 7.86. The molecule has 0 radical (unpaired) electrons. The number of hydrogen-bond donors (Lipinski definition) is 1. The maximum Gasteiger partial charge on any atom is 0.291 e. The average Bonchev–Trinajstić information content (AvgIpc) is 2.61. The van der Waals surface area contributed by atoms with E-state index >= 15 is 0 Å². The summed E-state index contributed by atoms with van der Waals surface area (Å²) in [6, 6.07) is 20.6. The third kappa shape index (κ3) is 3.93. The molecule has 1 N–H and O–H groups in total. The van der Waals surface area contributed by atoms with E-state index in [1.165, 1.54) is 18.1 Å². The first kappa shape index (κ1) is 18.1. The molecular formula is C19H23NO4S. The van der Waals surface area contributed by atoms with Crippen molar-refractivity contribution in [3.8, 4) is 0 Å². The molecule has 0 amide bonds. The summed E-state index contributed by atoms with van der Waals surface area (Å²) in [5.41, 5.74) is 1.15. The molecule has 5 nitrogen and oxygen atoms in total. The Morgan fingerprint density at radius 1 is 1.04 bits per heavy atom. The van der Waals surface area contributed by atoms with Gasteiger partial charge in [-0.15, -0.1) is 0 Å². The van der Waals surface area contributed by atoms with Crippen LogP contribution < -0.4 is 0 Å². The Hall–Kier alpha value is -1.73. The van der Waals surface area contributed by atoms with Gasteiger partial charge in [0, 0.05) is 12.6 Å². The Kier molecular flexibility index (Phi) is 5.24. The maximum atomic E-state index is 11.2. The summed E-state index contributed by atoms with van der Waals surface area (Å²) in [7, 11) is -4.18. The van der Waals surface area contributed by atoms with Crippen LogP contribution in [0.2, 0.25) is 0 Å². The van der Waals surface area contributed by atoms with Crippen molar-refractivity contribution < 1.29 is 17.7 Å². The van der Waals surface area contributed by atoms with E-state index in [9.17, 15) is 8.42 Å². The van der Waals surface area contributed by atoms with Gasteiger partial charge in [0.2, 0.25) is 0 Å². The van der Waals surface area contributed by atoms with Crippen LogP contribution in [-0.4, -0.2) is 42.0 Å². The first-order chi connectivity index (χ1) is 11.9. The van der Waals surface area contributed by atoms with Crippen LogP contribution in [-0.2, 0) is 14.9 Å². The van der Waals surface area contributed by atoms with Gasteiger partial charge in [0.15, 0.2) is 5.44 Å². The summed E-state index contributed by atoms with van der Waals surface area (Å²) in [5.74, 6) is 0. The largest absolute Gasteiger partial charge is 0.354 e. The van der Waals surface area contributed by atoms with Gasteiger partial charge in [-0.05, 0) is 25.0 Å². The summed E-state index contributed by atoms with van der Waals surface area (Å²) in [6.45, 7) is 3.98. The summed E-state index contributed by atoms with van der Waals surface area (Å²) >= 11 is 0. The standard InChI is InChI=1S/C19H23NO4S/c1-14-18(24-15(2)25(21,22)23)13-20(14)19(16-9-5-3-6-10-16)17-11-7-4-8-12-17/h3-12,14-15,18-19H,13H2,1-2H3,(H,21,22,23)/t14-,15?,18+/m1/s1. The second-order valence-corrected chi connectivity index (χ2v) is 8.11. The molecule has 0 aliphatic carbocycles. The predicted molar refractivity (Wildman–Crippen MR) is 96.8 cm³/mol. The summed E-state index contributed by atoms with van der Waals surface area (Å²) in [5, 5.41) is 0. The van der Waals surface area contributed by atoms with Crippen LogP contribution in [0.3, 0.4) is 0 Å². The minimum Gasteiger partial charge on any atom is -0.354 e. The van der Waals surface area contributed by atoms with Gasteiger partial charge in [0.25, 0.3) is 10.1 Å². The molecule has 1 heterocycles. The molecule has 134 valence electrons. The highest BCUT2D eigenvalue weighted by Gasteiger charge is 2.43. The molecule has 0 spiro atoms. The number of benzene rings is 2. The molecular weight excluding hydrogens is 338 g/mol. The number of rotatable bonds is 6. The van der Waals surface area contributed by atoms with Gasteiger partial charge >= 0.3 is 0 Å². The minimum atomic E-state index is -4.18. The van der Waals surface area contributed by atoms with E-state index in [0.717, 1.165) is 0 Å². The molecule has 2 aromatic rings. The Bertz CT molecular complexity index is 755. The molecule has 0 aromatic heterocycles. The smallest absolute Gasteiger partial charge is 0.291 e. The van der Waals surface area contributed by atoms with Gasteiger partial charge in [-0.3, -0.25) is 9.45 Å². The molecule has 25 heavy (non-hydrogen) atoms. The molecule has 1 aliphatic rings. The lowest BCUT2D eigenvalue weighted by molar-refractivity contribution is -0.117. The van der Waals surface area contributed by atoms with Crippen molar-refractivity contribution in [3.05, 3.63) is 71.8 Å². The molecule has 1 saturated heterocycles. The van der Waals surface area contributed by atoms with Crippen molar-refractivity contribution >= 4 is 10.1 Å². The predicted octanol–water partition coefficient (Wildman–Crippen LogP) is 3.10. The number of likely N-dealkylation sites (tertiary alicyclic amines) is 1. The molecule has 1 unspecified atom stereocenters. The van der Waals surface area contributed by atoms with E-state index in [1.54, 1.807) is 0 Å². The van der Waals surface area contributed by atoms with Crippen LogP contribution in [0.1, 0.15) is 31.0 Å². The second-order valence-electron chi connectivity index (χ2n) is 6.42.